The summed E-state index contributed by atoms with van der Waals surface area (Å²) in [4.78, 5) is 4.44. The average molecular weight is 384 g/mol. The SMILES string of the molecule is Cc1ccc(Nc2cnnc(NCCc3ccccc3)n2)cc1Br. The third kappa shape index (κ3) is 4.52. The van der Waals surface area contributed by atoms with Gasteiger partial charge in [-0.15, -0.1) is 5.10 Å². The van der Waals surface area contributed by atoms with E-state index in [1.807, 2.05) is 36.4 Å². The van der Waals surface area contributed by atoms with Crippen LogP contribution in [0.2, 0.25) is 0 Å². The van der Waals surface area contributed by atoms with Gasteiger partial charge in [0.25, 0.3) is 0 Å². The lowest BCUT2D eigenvalue weighted by atomic mass is 10.1. The average Bonchev–Trinajstić information content (AvgIpc) is 2.60. The summed E-state index contributed by atoms with van der Waals surface area (Å²) in [6.45, 7) is 2.81. The van der Waals surface area contributed by atoms with Crippen LogP contribution >= 0.6 is 15.9 Å². The Morgan fingerprint density at radius 2 is 1.92 bits per heavy atom. The molecule has 0 saturated heterocycles. The first-order valence-electron chi connectivity index (χ1n) is 7.71. The molecule has 122 valence electrons. The van der Waals surface area contributed by atoms with Gasteiger partial charge in [0.2, 0.25) is 5.95 Å². The van der Waals surface area contributed by atoms with Crippen LogP contribution in [0.5, 0.6) is 0 Å². The molecule has 0 amide bonds. The molecule has 2 N–H and O–H groups in total. The molecular formula is C18H18BrN5. The Morgan fingerprint density at radius 1 is 1.08 bits per heavy atom. The van der Waals surface area contributed by atoms with Gasteiger partial charge in [-0.1, -0.05) is 52.3 Å². The molecule has 0 fully saturated rings. The molecule has 0 spiro atoms. The smallest absolute Gasteiger partial charge is 0.244 e. The zero-order valence-electron chi connectivity index (χ0n) is 13.3. The van der Waals surface area contributed by atoms with E-state index in [1.165, 1.54) is 11.1 Å². The second kappa shape index (κ2) is 7.88. The topological polar surface area (TPSA) is 62.7 Å². The van der Waals surface area contributed by atoms with Crippen molar-refractivity contribution in [2.75, 3.05) is 17.2 Å². The molecule has 0 aliphatic rings. The van der Waals surface area contributed by atoms with Gasteiger partial charge in [0.15, 0.2) is 5.82 Å². The summed E-state index contributed by atoms with van der Waals surface area (Å²) < 4.78 is 1.05. The summed E-state index contributed by atoms with van der Waals surface area (Å²) >= 11 is 3.53. The minimum atomic E-state index is 0.516. The normalized spacial score (nSPS) is 10.4. The number of nitrogens with zero attached hydrogens (tertiary/aromatic N) is 3. The number of aromatic nitrogens is 3. The predicted octanol–water partition coefficient (Wildman–Crippen LogP) is 4.34. The lowest BCUT2D eigenvalue weighted by Gasteiger charge is -2.09. The predicted molar refractivity (Wildman–Crippen MR) is 101 cm³/mol. The van der Waals surface area contributed by atoms with E-state index in [4.69, 9.17) is 0 Å². The van der Waals surface area contributed by atoms with Gasteiger partial charge in [-0.05, 0) is 36.6 Å². The molecule has 0 aliphatic carbocycles. The molecule has 0 unspecified atom stereocenters. The van der Waals surface area contributed by atoms with Crippen molar-refractivity contribution < 1.29 is 0 Å². The van der Waals surface area contributed by atoms with Gasteiger partial charge in [-0.3, -0.25) is 0 Å². The van der Waals surface area contributed by atoms with Crippen LogP contribution in [-0.2, 0) is 6.42 Å². The van der Waals surface area contributed by atoms with Crippen LogP contribution in [0.3, 0.4) is 0 Å². The lowest BCUT2D eigenvalue weighted by molar-refractivity contribution is 0.929. The standard InChI is InChI=1S/C18H18BrN5/c1-13-7-8-15(11-16(13)19)22-17-12-21-24-18(23-17)20-10-9-14-5-3-2-4-6-14/h2-8,11-12H,9-10H2,1H3,(H2,20,22,23,24). The summed E-state index contributed by atoms with van der Waals surface area (Å²) in [5.74, 6) is 1.17. The van der Waals surface area contributed by atoms with Crippen LogP contribution < -0.4 is 10.6 Å². The Morgan fingerprint density at radius 3 is 2.71 bits per heavy atom. The molecule has 6 heteroatoms. The van der Waals surface area contributed by atoms with E-state index in [9.17, 15) is 0 Å². The van der Waals surface area contributed by atoms with E-state index in [1.54, 1.807) is 6.20 Å². The highest BCUT2D eigenvalue weighted by Crippen LogP contribution is 2.22. The summed E-state index contributed by atoms with van der Waals surface area (Å²) in [6.07, 6.45) is 2.52. The van der Waals surface area contributed by atoms with E-state index in [2.05, 4.69) is 60.8 Å². The number of hydrogen-bond donors (Lipinski definition) is 2. The minimum Gasteiger partial charge on any atom is -0.353 e. The van der Waals surface area contributed by atoms with Crippen molar-refractivity contribution in [3.63, 3.8) is 0 Å². The first-order chi connectivity index (χ1) is 11.7. The molecule has 0 saturated carbocycles. The van der Waals surface area contributed by atoms with Gasteiger partial charge in [0.1, 0.15) is 0 Å². The zero-order valence-corrected chi connectivity index (χ0v) is 14.9. The van der Waals surface area contributed by atoms with E-state index >= 15 is 0 Å². The molecule has 3 rings (SSSR count). The number of halogens is 1. The number of aryl methyl sites for hydroxylation is 1. The highest BCUT2D eigenvalue weighted by molar-refractivity contribution is 9.10. The van der Waals surface area contributed by atoms with Gasteiger partial charge in [-0.2, -0.15) is 10.1 Å². The summed E-state index contributed by atoms with van der Waals surface area (Å²) in [7, 11) is 0. The second-order valence-electron chi connectivity index (χ2n) is 5.42. The molecule has 3 aromatic rings. The highest BCUT2D eigenvalue weighted by Gasteiger charge is 2.03. The number of anilines is 3. The summed E-state index contributed by atoms with van der Waals surface area (Å²) in [5.41, 5.74) is 3.41. The number of rotatable bonds is 6. The molecule has 0 atom stereocenters. The van der Waals surface area contributed by atoms with E-state index in [-0.39, 0.29) is 0 Å². The first-order valence-corrected chi connectivity index (χ1v) is 8.51. The highest BCUT2D eigenvalue weighted by atomic mass is 79.9. The van der Waals surface area contributed by atoms with Gasteiger partial charge >= 0.3 is 0 Å². The van der Waals surface area contributed by atoms with Crippen LogP contribution in [0.25, 0.3) is 0 Å². The molecule has 24 heavy (non-hydrogen) atoms. The van der Waals surface area contributed by atoms with Gasteiger partial charge in [-0.25, -0.2) is 0 Å². The van der Waals surface area contributed by atoms with Gasteiger partial charge in [0, 0.05) is 16.7 Å². The Hall–Kier alpha value is -2.47. The quantitative estimate of drug-likeness (QED) is 0.662. The van der Waals surface area contributed by atoms with Crippen molar-refractivity contribution in [2.45, 2.75) is 13.3 Å². The fourth-order valence-electron chi connectivity index (χ4n) is 2.22. The molecular weight excluding hydrogens is 366 g/mol. The van der Waals surface area contributed by atoms with Crippen molar-refractivity contribution in [3.8, 4) is 0 Å². The Bertz CT molecular complexity index is 808. The minimum absolute atomic E-state index is 0.516. The fourth-order valence-corrected chi connectivity index (χ4v) is 2.60. The van der Waals surface area contributed by atoms with Crippen LogP contribution in [0.15, 0.2) is 59.2 Å². The van der Waals surface area contributed by atoms with E-state index < -0.39 is 0 Å². The number of nitrogens with one attached hydrogen (secondary N) is 2. The first kappa shape index (κ1) is 16.4. The van der Waals surface area contributed by atoms with Gasteiger partial charge in [0.05, 0.1) is 6.20 Å². The maximum Gasteiger partial charge on any atom is 0.244 e. The molecule has 0 aliphatic heterocycles. The summed E-state index contributed by atoms with van der Waals surface area (Å²) in [5, 5.41) is 14.5. The van der Waals surface area contributed by atoms with Crippen LogP contribution in [-0.4, -0.2) is 21.7 Å². The molecule has 5 nitrogen and oxygen atoms in total. The maximum atomic E-state index is 4.44. The largest absolute Gasteiger partial charge is 0.353 e. The molecule has 0 radical (unpaired) electrons. The van der Waals surface area contributed by atoms with Crippen molar-refractivity contribution in [2.24, 2.45) is 0 Å². The van der Waals surface area contributed by atoms with Crippen LogP contribution in [0.1, 0.15) is 11.1 Å². The number of hydrogen-bond acceptors (Lipinski definition) is 5. The van der Waals surface area contributed by atoms with Crippen molar-refractivity contribution in [3.05, 3.63) is 70.3 Å². The summed E-state index contributed by atoms with van der Waals surface area (Å²) in [6, 6.07) is 16.4. The second-order valence-corrected chi connectivity index (χ2v) is 6.27. The Kier molecular flexibility index (Phi) is 5.38. The third-order valence-electron chi connectivity index (χ3n) is 3.54. The van der Waals surface area contributed by atoms with Crippen LogP contribution in [0.4, 0.5) is 17.5 Å². The molecule has 1 heterocycles. The van der Waals surface area contributed by atoms with E-state index in [0.29, 0.717) is 11.8 Å². The van der Waals surface area contributed by atoms with Crippen LogP contribution in [0, 0.1) is 6.92 Å². The molecule has 2 aromatic carbocycles. The van der Waals surface area contributed by atoms with Crippen molar-refractivity contribution in [1.29, 1.82) is 0 Å². The van der Waals surface area contributed by atoms with Gasteiger partial charge < -0.3 is 10.6 Å². The van der Waals surface area contributed by atoms with Crippen molar-refractivity contribution in [1.82, 2.24) is 15.2 Å². The third-order valence-corrected chi connectivity index (χ3v) is 4.40. The zero-order chi connectivity index (χ0) is 16.8. The Balaban J connectivity index is 1.60. The van der Waals surface area contributed by atoms with E-state index in [0.717, 1.165) is 23.1 Å². The lowest BCUT2D eigenvalue weighted by Crippen LogP contribution is -2.09. The molecule has 1 aromatic heterocycles. The fraction of sp³-hybridized carbons (Fsp3) is 0.167. The van der Waals surface area contributed by atoms with Crippen molar-refractivity contribution >= 4 is 33.4 Å². The monoisotopic (exact) mass is 383 g/mol. The Labute approximate surface area is 149 Å². The number of benzene rings is 2. The molecule has 0 bridgehead atoms. The maximum absolute atomic E-state index is 4.44.